The minimum absolute atomic E-state index is 0.323. The van der Waals surface area contributed by atoms with Crippen molar-refractivity contribution in [2.75, 3.05) is 25.6 Å². The molecule has 17 heavy (non-hydrogen) atoms. The fourth-order valence-corrected chi connectivity index (χ4v) is 2.81. The third-order valence-corrected chi connectivity index (χ3v) is 4.06. The minimum Gasteiger partial charge on any atom is -0.380 e. The van der Waals surface area contributed by atoms with Gasteiger partial charge in [-0.2, -0.15) is 0 Å². The van der Waals surface area contributed by atoms with Crippen molar-refractivity contribution in [3.63, 3.8) is 0 Å². The Kier molecular flexibility index (Phi) is 4.27. The molecule has 96 valence electrons. The van der Waals surface area contributed by atoms with E-state index in [-0.39, 0.29) is 0 Å². The first-order valence-corrected chi connectivity index (χ1v) is 6.58. The van der Waals surface area contributed by atoms with Crippen LogP contribution in [0.2, 0.25) is 0 Å². The normalized spacial score (nSPS) is 26.1. The topological polar surface area (TPSA) is 76.3 Å². The highest BCUT2D eigenvalue weighted by Crippen LogP contribution is 2.22. The number of hydrazine groups is 1. The second-order valence-electron chi connectivity index (χ2n) is 4.42. The molecule has 1 aromatic heterocycles. The van der Waals surface area contributed by atoms with Gasteiger partial charge in [0.1, 0.15) is 5.01 Å². The van der Waals surface area contributed by atoms with Gasteiger partial charge < -0.3 is 4.74 Å². The second kappa shape index (κ2) is 5.72. The number of piperidine rings is 1. The maximum atomic E-state index is 5.49. The van der Waals surface area contributed by atoms with E-state index in [1.165, 1.54) is 17.8 Å². The summed E-state index contributed by atoms with van der Waals surface area (Å²) in [5.74, 6) is 5.91. The number of anilines is 1. The molecule has 1 fully saturated rings. The molecule has 1 saturated heterocycles. The van der Waals surface area contributed by atoms with Gasteiger partial charge >= 0.3 is 0 Å². The van der Waals surface area contributed by atoms with Crippen LogP contribution in [0.25, 0.3) is 0 Å². The Morgan fingerprint density at radius 1 is 1.59 bits per heavy atom. The van der Waals surface area contributed by atoms with E-state index in [2.05, 4.69) is 27.4 Å². The first-order chi connectivity index (χ1) is 8.22. The van der Waals surface area contributed by atoms with Crippen LogP contribution in [0.1, 0.15) is 18.4 Å². The Hall–Kier alpha value is -0.760. The third-order valence-electron chi connectivity index (χ3n) is 3.23. The molecule has 2 atom stereocenters. The smallest absolute Gasteiger partial charge is 0.219 e. The van der Waals surface area contributed by atoms with Crippen LogP contribution in [-0.2, 0) is 11.3 Å². The van der Waals surface area contributed by atoms with Crippen LogP contribution < -0.4 is 11.3 Å². The fraction of sp³-hybridized carbons (Fsp3) is 0.800. The van der Waals surface area contributed by atoms with Crippen molar-refractivity contribution >= 4 is 16.5 Å². The van der Waals surface area contributed by atoms with Gasteiger partial charge in [-0.1, -0.05) is 18.3 Å². The summed E-state index contributed by atoms with van der Waals surface area (Å²) in [6.45, 7) is 5.12. The molecule has 1 aliphatic heterocycles. The Morgan fingerprint density at radius 3 is 3.06 bits per heavy atom. The van der Waals surface area contributed by atoms with E-state index in [9.17, 15) is 0 Å². The maximum absolute atomic E-state index is 5.49. The fourth-order valence-electron chi connectivity index (χ4n) is 2.12. The first kappa shape index (κ1) is 12.7. The molecule has 2 unspecified atom stereocenters. The molecule has 0 aromatic carbocycles. The second-order valence-corrected chi connectivity index (χ2v) is 5.48. The molecule has 7 heteroatoms. The van der Waals surface area contributed by atoms with E-state index in [4.69, 9.17) is 10.6 Å². The van der Waals surface area contributed by atoms with Crippen LogP contribution in [0.3, 0.4) is 0 Å². The van der Waals surface area contributed by atoms with E-state index in [1.54, 1.807) is 7.11 Å². The number of nitrogens with zero attached hydrogens (tertiary/aromatic N) is 3. The molecule has 2 rings (SSSR count). The summed E-state index contributed by atoms with van der Waals surface area (Å²) < 4.78 is 5.49. The molecule has 0 bridgehead atoms. The summed E-state index contributed by atoms with van der Waals surface area (Å²) in [5.41, 5.74) is 2.51. The van der Waals surface area contributed by atoms with Crippen molar-refractivity contribution in [3.05, 3.63) is 5.01 Å². The molecule has 6 nitrogen and oxygen atoms in total. The van der Waals surface area contributed by atoms with Gasteiger partial charge in [0.25, 0.3) is 0 Å². The Labute approximate surface area is 105 Å². The molecule has 0 saturated carbocycles. The zero-order chi connectivity index (χ0) is 12.3. The van der Waals surface area contributed by atoms with Gasteiger partial charge in [0.15, 0.2) is 0 Å². The molecular weight excluding hydrogens is 238 g/mol. The molecule has 0 aliphatic carbocycles. The number of ether oxygens (including phenoxy) is 1. The monoisotopic (exact) mass is 257 g/mol. The predicted molar refractivity (Wildman–Crippen MR) is 67.6 cm³/mol. The maximum Gasteiger partial charge on any atom is 0.219 e. The summed E-state index contributed by atoms with van der Waals surface area (Å²) >= 11 is 1.50. The highest BCUT2D eigenvalue weighted by molar-refractivity contribution is 7.15. The highest BCUT2D eigenvalue weighted by atomic mass is 32.1. The van der Waals surface area contributed by atoms with E-state index in [1.807, 2.05) is 0 Å². The summed E-state index contributed by atoms with van der Waals surface area (Å²) in [7, 11) is 1.78. The van der Waals surface area contributed by atoms with Gasteiger partial charge in [-0.25, -0.2) is 5.84 Å². The lowest BCUT2D eigenvalue weighted by Gasteiger charge is -2.35. The summed E-state index contributed by atoms with van der Waals surface area (Å²) in [4.78, 5) is 2.36. The zero-order valence-electron chi connectivity index (χ0n) is 10.2. The average Bonchev–Trinajstić information content (AvgIpc) is 2.79. The number of rotatable bonds is 4. The van der Waals surface area contributed by atoms with Crippen LogP contribution in [0.5, 0.6) is 0 Å². The number of likely N-dealkylation sites (tertiary alicyclic amines) is 1. The molecule has 0 spiro atoms. The average molecular weight is 257 g/mol. The predicted octanol–water partition coefficient (Wildman–Crippen LogP) is 0.680. The number of hydrogen-bond donors (Lipinski definition) is 2. The van der Waals surface area contributed by atoms with Crippen LogP contribution in [0.4, 0.5) is 5.13 Å². The Balaban J connectivity index is 1.90. The third kappa shape index (κ3) is 3.12. The van der Waals surface area contributed by atoms with E-state index in [0.717, 1.165) is 24.6 Å². The number of methoxy groups -OCH3 is 1. The SMILES string of the molecule is COC1CN(Cc2nnc(NN)s2)CCC1C. The van der Waals surface area contributed by atoms with Gasteiger partial charge in [-0.15, -0.1) is 10.2 Å². The summed E-state index contributed by atoms with van der Waals surface area (Å²) in [5, 5.41) is 9.67. The van der Waals surface area contributed by atoms with Crippen molar-refractivity contribution < 1.29 is 4.74 Å². The molecule has 1 aromatic rings. The van der Waals surface area contributed by atoms with Gasteiger partial charge in [-0.3, -0.25) is 10.3 Å². The first-order valence-electron chi connectivity index (χ1n) is 5.77. The largest absolute Gasteiger partial charge is 0.380 e. The van der Waals surface area contributed by atoms with Crippen LogP contribution in [0, 0.1) is 5.92 Å². The number of aromatic nitrogens is 2. The highest BCUT2D eigenvalue weighted by Gasteiger charge is 2.26. The number of nitrogens with one attached hydrogen (secondary N) is 1. The molecule has 3 N–H and O–H groups in total. The molecule has 0 amide bonds. The van der Waals surface area contributed by atoms with Gasteiger partial charge in [0.05, 0.1) is 12.6 Å². The summed E-state index contributed by atoms with van der Waals surface area (Å²) in [6.07, 6.45) is 1.49. The lowest BCUT2D eigenvalue weighted by Crippen LogP contribution is -2.43. The number of nitrogen functional groups attached to an aromatic ring is 1. The van der Waals surface area contributed by atoms with Crippen molar-refractivity contribution in [2.45, 2.75) is 26.0 Å². The van der Waals surface area contributed by atoms with Crippen molar-refractivity contribution in [3.8, 4) is 0 Å². The quantitative estimate of drug-likeness (QED) is 0.610. The van der Waals surface area contributed by atoms with Crippen molar-refractivity contribution in [2.24, 2.45) is 11.8 Å². The molecule has 0 radical (unpaired) electrons. The Morgan fingerprint density at radius 2 is 2.41 bits per heavy atom. The van der Waals surface area contributed by atoms with Gasteiger partial charge in [0, 0.05) is 13.7 Å². The minimum atomic E-state index is 0.323. The van der Waals surface area contributed by atoms with Crippen molar-refractivity contribution in [1.82, 2.24) is 15.1 Å². The van der Waals surface area contributed by atoms with E-state index < -0.39 is 0 Å². The number of hydrogen-bond acceptors (Lipinski definition) is 7. The van der Waals surface area contributed by atoms with Crippen LogP contribution >= 0.6 is 11.3 Å². The lowest BCUT2D eigenvalue weighted by molar-refractivity contribution is -0.00751. The molecule has 1 aliphatic rings. The Bertz CT molecular complexity index is 358. The van der Waals surface area contributed by atoms with Crippen LogP contribution in [0.15, 0.2) is 0 Å². The summed E-state index contributed by atoms with van der Waals surface area (Å²) in [6, 6.07) is 0. The lowest BCUT2D eigenvalue weighted by atomic mass is 9.96. The van der Waals surface area contributed by atoms with E-state index in [0.29, 0.717) is 17.2 Å². The standard InChI is InChI=1S/C10H19N5OS/c1-7-3-4-15(5-8(7)16-2)6-9-13-14-10(12-11)17-9/h7-8H,3-6,11H2,1-2H3,(H,12,14). The van der Waals surface area contributed by atoms with E-state index >= 15 is 0 Å². The van der Waals surface area contributed by atoms with Crippen molar-refractivity contribution in [1.29, 1.82) is 0 Å². The van der Waals surface area contributed by atoms with Gasteiger partial charge in [-0.05, 0) is 18.9 Å². The van der Waals surface area contributed by atoms with Gasteiger partial charge in [0.2, 0.25) is 5.13 Å². The zero-order valence-corrected chi connectivity index (χ0v) is 11.0. The van der Waals surface area contributed by atoms with Crippen LogP contribution in [-0.4, -0.2) is 41.4 Å². The molecule has 2 heterocycles. The molecular formula is C10H19N5OS. The number of nitrogens with two attached hydrogens (primary N) is 1.